The van der Waals surface area contributed by atoms with Gasteiger partial charge in [0.2, 0.25) is 0 Å². The number of nitrogen functional groups attached to an aromatic ring is 1. The maximum absolute atomic E-state index is 13.8. The lowest BCUT2D eigenvalue weighted by atomic mass is 9.84. The Morgan fingerprint density at radius 1 is 1.28 bits per heavy atom. The fraction of sp³-hybridized carbons (Fsp3) is 0.417. The third-order valence-electron chi connectivity index (χ3n) is 6.68. The molecule has 2 aliphatic rings. The molecule has 2 aliphatic heterocycles. The predicted molar refractivity (Wildman–Crippen MR) is 155 cm³/mol. The smallest absolute Gasteiger partial charge is 0.427 e. The fourth-order valence-corrected chi connectivity index (χ4v) is 5.29. The number of halogens is 3. The number of carboxylic acid groups (broad SMARTS) is 1. The zero-order valence-corrected chi connectivity index (χ0v) is 25.8. The standard InChI is InChI=1S/C24H27F3N8O10S2/c1-23(2)16(20(37)35(23)45-47(40,41)42)33-19(36)15(14-17(24(25,26)27)46-22(29)32-14)34-44-13(21(38)39)9-43-12-5-3-10(4-6-12)18(28)31-11-7-30-8-11/h3-6,11,13,16,30H,7-9H2,1-2H3,(H2,28,31)(H2,29,32)(H,33,36)(H,38,39)(H,40,41,42)/b34-15-/t13-,16+/m0/s1. The Kier molecular flexibility index (Phi) is 9.96. The van der Waals surface area contributed by atoms with Crippen molar-refractivity contribution in [2.75, 3.05) is 25.4 Å². The highest BCUT2D eigenvalue weighted by Crippen LogP contribution is 2.38. The van der Waals surface area contributed by atoms with Crippen LogP contribution in [0.15, 0.2) is 29.4 Å². The van der Waals surface area contributed by atoms with Gasteiger partial charge in [0.25, 0.3) is 17.9 Å². The van der Waals surface area contributed by atoms with Crippen molar-refractivity contribution >= 4 is 56.2 Å². The first-order valence-corrected chi connectivity index (χ1v) is 15.4. The van der Waals surface area contributed by atoms with E-state index in [0.29, 0.717) is 18.7 Å². The first-order chi connectivity index (χ1) is 21.8. The summed E-state index contributed by atoms with van der Waals surface area (Å²) in [6.45, 7) is 3.05. The van der Waals surface area contributed by atoms with E-state index >= 15 is 0 Å². The fourth-order valence-electron chi connectivity index (χ4n) is 4.13. The van der Waals surface area contributed by atoms with Crippen LogP contribution in [0.1, 0.15) is 30.0 Å². The summed E-state index contributed by atoms with van der Waals surface area (Å²) in [6, 6.07) is 4.42. The van der Waals surface area contributed by atoms with Crippen LogP contribution in [0.25, 0.3) is 0 Å². The van der Waals surface area contributed by atoms with Gasteiger partial charge in [-0.3, -0.25) is 19.6 Å². The number of carbonyl (C=O) groups excluding carboxylic acids is 2. The number of ether oxygens (including phenoxy) is 1. The second-order valence-electron chi connectivity index (χ2n) is 10.5. The van der Waals surface area contributed by atoms with E-state index in [4.69, 9.17) is 25.3 Å². The topological polar surface area (TPSA) is 268 Å². The van der Waals surface area contributed by atoms with Crippen molar-refractivity contribution in [1.82, 2.24) is 26.0 Å². The number of anilines is 1. The highest BCUT2D eigenvalue weighted by atomic mass is 32.3. The van der Waals surface area contributed by atoms with Crippen LogP contribution < -0.4 is 26.4 Å². The van der Waals surface area contributed by atoms with Gasteiger partial charge in [-0.1, -0.05) is 16.5 Å². The molecule has 1 aromatic heterocycles. The number of oxime groups is 1. The van der Waals surface area contributed by atoms with Crippen LogP contribution in [-0.4, -0.2) is 101 Å². The Morgan fingerprint density at radius 2 is 1.91 bits per heavy atom. The average molecular weight is 709 g/mol. The Labute approximate surface area is 267 Å². The highest BCUT2D eigenvalue weighted by molar-refractivity contribution is 7.80. The third kappa shape index (κ3) is 8.23. The zero-order valence-electron chi connectivity index (χ0n) is 24.2. The number of hydroxylamine groups is 2. The molecule has 8 N–H and O–H groups in total. The van der Waals surface area contributed by atoms with Crippen molar-refractivity contribution in [2.24, 2.45) is 5.16 Å². The lowest BCUT2D eigenvalue weighted by Gasteiger charge is -2.50. The number of amides is 2. The van der Waals surface area contributed by atoms with Gasteiger partial charge in [-0.05, 0) is 38.1 Å². The average Bonchev–Trinajstić information content (AvgIpc) is 3.35. The van der Waals surface area contributed by atoms with E-state index in [2.05, 4.69) is 30.4 Å². The molecular formula is C24H27F3N8O10S2. The van der Waals surface area contributed by atoms with Crippen LogP contribution in [-0.2, 0) is 40.1 Å². The van der Waals surface area contributed by atoms with E-state index in [1.54, 1.807) is 0 Å². The van der Waals surface area contributed by atoms with Gasteiger partial charge < -0.3 is 36.4 Å². The number of carbonyl (C=O) groups is 3. The van der Waals surface area contributed by atoms with E-state index in [0.717, 1.165) is 0 Å². The van der Waals surface area contributed by atoms with Gasteiger partial charge in [0.1, 0.15) is 34.8 Å². The largest absolute Gasteiger partial charge is 0.489 e. The van der Waals surface area contributed by atoms with Gasteiger partial charge in [-0.2, -0.15) is 26.7 Å². The minimum atomic E-state index is -5.16. The van der Waals surface area contributed by atoms with Crippen LogP contribution in [0.3, 0.4) is 0 Å². The Morgan fingerprint density at radius 3 is 2.43 bits per heavy atom. The van der Waals surface area contributed by atoms with E-state index in [-0.39, 0.29) is 34.0 Å². The van der Waals surface area contributed by atoms with Gasteiger partial charge in [0.05, 0.1) is 11.6 Å². The molecule has 2 amide bonds. The molecule has 47 heavy (non-hydrogen) atoms. The number of hydrogen-bond acceptors (Lipinski definition) is 14. The van der Waals surface area contributed by atoms with E-state index in [1.807, 2.05) is 0 Å². The molecule has 0 saturated carbocycles. The van der Waals surface area contributed by atoms with E-state index < -0.39 is 80.1 Å². The molecule has 256 valence electrons. The minimum absolute atomic E-state index is 0.0565. The van der Waals surface area contributed by atoms with Gasteiger partial charge in [0, 0.05) is 18.7 Å². The summed E-state index contributed by atoms with van der Waals surface area (Å²) in [4.78, 5) is 44.6. The lowest BCUT2D eigenvalue weighted by Crippen LogP contribution is -2.76. The van der Waals surface area contributed by atoms with Crippen molar-refractivity contribution in [3.05, 3.63) is 40.4 Å². The maximum atomic E-state index is 13.8. The molecule has 0 bridgehead atoms. The van der Waals surface area contributed by atoms with Crippen LogP contribution in [0, 0.1) is 5.41 Å². The predicted octanol–water partition coefficient (Wildman–Crippen LogP) is -0.276. The molecule has 3 heterocycles. The molecule has 23 heteroatoms. The second-order valence-corrected chi connectivity index (χ2v) is 12.5. The van der Waals surface area contributed by atoms with Crippen molar-refractivity contribution in [3.63, 3.8) is 0 Å². The SMILES string of the molecule is CC1(C)[C@H](NC(=O)/C(=N\O[C@@H](COc2ccc(C(=N)NC3CNC3)cc2)C(=O)O)c2nc(N)sc2C(F)(F)F)C(=O)N1OS(=O)(=O)O. The van der Waals surface area contributed by atoms with Gasteiger partial charge in [-0.15, -0.1) is 4.28 Å². The quantitative estimate of drug-likeness (QED) is 0.0464. The second kappa shape index (κ2) is 13.3. The molecule has 18 nitrogen and oxygen atoms in total. The molecule has 0 unspecified atom stereocenters. The first kappa shape index (κ1) is 35.3. The number of carboxylic acids is 1. The minimum Gasteiger partial charge on any atom is -0.489 e. The summed E-state index contributed by atoms with van der Waals surface area (Å²) in [7, 11) is -5.16. The summed E-state index contributed by atoms with van der Waals surface area (Å²) in [5, 5.41) is 28.8. The normalized spacial score (nSPS) is 18.9. The summed E-state index contributed by atoms with van der Waals surface area (Å²) in [6.07, 6.45) is -7.10. The number of amidine groups is 1. The molecule has 0 aliphatic carbocycles. The summed E-state index contributed by atoms with van der Waals surface area (Å²) < 4.78 is 82.1. The van der Waals surface area contributed by atoms with Crippen LogP contribution in [0.4, 0.5) is 18.3 Å². The third-order valence-corrected chi connectivity index (χ3v) is 7.95. The monoisotopic (exact) mass is 708 g/mol. The van der Waals surface area contributed by atoms with Gasteiger partial charge in [-0.25, -0.2) is 9.78 Å². The summed E-state index contributed by atoms with van der Waals surface area (Å²) >= 11 is -0.0565. The van der Waals surface area contributed by atoms with Crippen molar-refractivity contribution < 1.29 is 59.5 Å². The number of rotatable bonds is 13. The van der Waals surface area contributed by atoms with Crippen LogP contribution in [0.5, 0.6) is 5.75 Å². The Bertz CT molecular complexity index is 1690. The van der Waals surface area contributed by atoms with Gasteiger partial charge >= 0.3 is 22.5 Å². The number of β-lactam (4-membered cyclic amide) rings is 1. The maximum Gasteiger partial charge on any atom is 0.427 e. The number of nitrogens with one attached hydrogen (secondary N) is 4. The molecule has 1 aromatic carbocycles. The number of nitrogens with zero attached hydrogens (tertiary/aromatic N) is 3. The molecule has 2 atom stereocenters. The van der Waals surface area contributed by atoms with Crippen molar-refractivity contribution in [2.45, 2.75) is 43.8 Å². The Balaban J connectivity index is 1.54. The van der Waals surface area contributed by atoms with E-state index in [1.165, 1.54) is 38.1 Å². The summed E-state index contributed by atoms with van der Waals surface area (Å²) in [5.41, 5.74) is 1.93. The molecule has 0 spiro atoms. The summed E-state index contributed by atoms with van der Waals surface area (Å²) in [5.74, 6) is -4.14. The number of alkyl halides is 3. The van der Waals surface area contributed by atoms with Crippen molar-refractivity contribution in [3.8, 4) is 5.75 Å². The highest BCUT2D eigenvalue weighted by Gasteiger charge is 2.58. The first-order valence-electron chi connectivity index (χ1n) is 13.2. The zero-order chi connectivity index (χ0) is 34.9. The Hall–Kier alpha value is -4.58. The van der Waals surface area contributed by atoms with E-state index in [9.17, 15) is 41.1 Å². The number of hydrogen-bond donors (Lipinski definition) is 7. The van der Waals surface area contributed by atoms with Crippen molar-refractivity contribution in [1.29, 1.82) is 5.41 Å². The number of nitrogens with two attached hydrogens (primary N) is 1. The molecule has 0 radical (unpaired) electrons. The van der Waals surface area contributed by atoms with Gasteiger partial charge in [0.15, 0.2) is 10.8 Å². The molecule has 2 saturated heterocycles. The van der Waals surface area contributed by atoms with Crippen LogP contribution >= 0.6 is 11.3 Å². The number of aromatic nitrogens is 1. The lowest BCUT2D eigenvalue weighted by molar-refractivity contribution is -0.218. The number of thiazole rings is 1. The molecule has 4 rings (SSSR count). The molecule has 2 fully saturated rings. The number of benzene rings is 1. The number of aliphatic carboxylic acids is 1. The molecular weight excluding hydrogens is 681 g/mol. The van der Waals surface area contributed by atoms with Crippen LogP contribution in [0.2, 0.25) is 0 Å². The molecule has 2 aromatic rings.